The number of para-hydroxylation sites is 1. The fourth-order valence-corrected chi connectivity index (χ4v) is 3.17. The highest BCUT2D eigenvalue weighted by atomic mass is 32.2. The molecular weight excluding hydrogens is 414 g/mol. The molecule has 0 saturated heterocycles. The Labute approximate surface area is 170 Å². The molecule has 10 nitrogen and oxygen atoms in total. The standard InChI is InChI=1S/C19H15N3O7S/c20-16-10-12(6-9-18(16)30(26,27)28)21-19(23)15-11-13(22(24)25)7-8-17(15)29-14-4-2-1-3-5-14/h1-11H,20H2,(H,21,23)(H,26,27,28). The Bertz CT molecular complexity index is 1230. The molecule has 154 valence electrons. The summed E-state index contributed by atoms with van der Waals surface area (Å²) in [6.45, 7) is 0. The van der Waals surface area contributed by atoms with Crippen LogP contribution in [-0.4, -0.2) is 23.8 Å². The van der Waals surface area contributed by atoms with Crippen molar-refractivity contribution in [3.05, 3.63) is 82.4 Å². The quantitative estimate of drug-likeness (QED) is 0.232. The van der Waals surface area contributed by atoms with Gasteiger partial charge in [0.1, 0.15) is 16.4 Å². The van der Waals surface area contributed by atoms with Crippen LogP contribution < -0.4 is 15.8 Å². The molecule has 3 rings (SSSR count). The lowest BCUT2D eigenvalue weighted by Crippen LogP contribution is -2.14. The summed E-state index contributed by atoms with van der Waals surface area (Å²) in [6, 6.07) is 15.5. The van der Waals surface area contributed by atoms with Crippen LogP contribution in [0.4, 0.5) is 17.1 Å². The maximum Gasteiger partial charge on any atom is 0.296 e. The van der Waals surface area contributed by atoms with Crippen molar-refractivity contribution in [2.24, 2.45) is 0 Å². The van der Waals surface area contributed by atoms with Crippen molar-refractivity contribution in [2.75, 3.05) is 11.1 Å². The van der Waals surface area contributed by atoms with Crippen molar-refractivity contribution in [3.63, 3.8) is 0 Å². The van der Waals surface area contributed by atoms with Crippen LogP contribution in [0.5, 0.6) is 11.5 Å². The van der Waals surface area contributed by atoms with Crippen LogP contribution in [0.3, 0.4) is 0 Å². The highest BCUT2D eigenvalue weighted by Crippen LogP contribution is 2.30. The van der Waals surface area contributed by atoms with Gasteiger partial charge in [0.25, 0.3) is 21.7 Å². The summed E-state index contributed by atoms with van der Waals surface area (Å²) >= 11 is 0. The van der Waals surface area contributed by atoms with E-state index in [1.807, 2.05) is 0 Å². The maximum absolute atomic E-state index is 12.8. The fourth-order valence-electron chi connectivity index (χ4n) is 2.57. The van der Waals surface area contributed by atoms with Crippen LogP contribution in [0.25, 0.3) is 0 Å². The number of carbonyl (C=O) groups excluding carboxylic acids is 1. The van der Waals surface area contributed by atoms with E-state index in [0.29, 0.717) is 5.75 Å². The molecule has 0 spiro atoms. The number of nitro benzene ring substituents is 1. The molecule has 30 heavy (non-hydrogen) atoms. The van der Waals surface area contributed by atoms with Gasteiger partial charge in [0.05, 0.1) is 16.2 Å². The topological polar surface area (TPSA) is 162 Å². The van der Waals surface area contributed by atoms with Crippen molar-refractivity contribution in [1.82, 2.24) is 0 Å². The summed E-state index contributed by atoms with van der Waals surface area (Å²) in [5.41, 5.74) is 5.01. The largest absolute Gasteiger partial charge is 0.457 e. The average molecular weight is 429 g/mol. The van der Waals surface area contributed by atoms with E-state index in [1.165, 1.54) is 18.2 Å². The number of nitro groups is 1. The predicted molar refractivity (Wildman–Crippen MR) is 108 cm³/mol. The second-order valence-electron chi connectivity index (χ2n) is 6.03. The zero-order valence-electron chi connectivity index (χ0n) is 15.2. The van der Waals surface area contributed by atoms with E-state index < -0.39 is 25.8 Å². The summed E-state index contributed by atoms with van der Waals surface area (Å²) in [7, 11) is -4.52. The van der Waals surface area contributed by atoms with E-state index in [2.05, 4.69) is 5.32 Å². The molecule has 0 radical (unpaired) electrons. The number of hydrogen-bond acceptors (Lipinski definition) is 7. The number of anilines is 2. The third-order valence-corrected chi connectivity index (χ3v) is 4.86. The molecule has 0 aliphatic rings. The zero-order chi connectivity index (χ0) is 21.9. The number of carbonyl (C=O) groups is 1. The molecule has 4 N–H and O–H groups in total. The zero-order valence-corrected chi connectivity index (χ0v) is 16.0. The van der Waals surface area contributed by atoms with Gasteiger partial charge in [-0.25, -0.2) is 0 Å². The Morgan fingerprint density at radius 2 is 1.77 bits per heavy atom. The Morgan fingerprint density at radius 3 is 2.37 bits per heavy atom. The fraction of sp³-hybridized carbons (Fsp3) is 0. The summed E-state index contributed by atoms with van der Waals surface area (Å²) in [4.78, 5) is 22.7. The van der Waals surface area contributed by atoms with Crippen LogP contribution in [0.15, 0.2) is 71.6 Å². The number of nitrogens with zero attached hydrogens (tertiary/aromatic N) is 1. The number of non-ortho nitro benzene ring substituents is 1. The minimum atomic E-state index is -4.52. The molecular formula is C19H15N3O7S. The van der Waals surface area contributed by atoms with Crippen molar-refractivity contribution in [2.45, 2.75) is 4.90 Å². The molecule has 0 heterocycles. The lowest BCUT2D eigenvalue weighted by atomic mass is 10.1. The number of nitrogen functional groups attached to an aromatic ring is 1. The molecule has 0 atom stereocenters. The van der Waals surface area contributed by atoms with E-state index in [-0.39, 0.29) is 28.4 Å². The Hall–Kier alpha value is -3.96. The van der Waals surface area contributed by atoms with Gasteiger partial charge in [-0.15, -0.1) is 0 Å². The van der Waals surface area contributed by atoms with E-state index in [1.54, 1.807) is 30.3 Å². The van der Waals surface area contributed by atoms with Gasteiger partial charge in [0.15, 0.2) is 0 Å². The van der Waals surface area contributed by atoms with Crippen LogP contribution in [0.1, 0.15) is 10.4 Å². The molecule has 0 aliphatic carbocycles. The smallest absolute Gasteiger partial charge is 0.296 e. The first kappa shape index (κ1) is 20.8. The molecule has 11 heteroatoms. The van der Waals surface area contributed by atoms with Gasteiger partial charge in [-0.3, -0.25) is 19.5 Å². The number of nitrogens with two attached hydrogens (primary N) is 1. The van der Waals surface area contributed by atoms with Crippen molar-refractivity contribution >= 4 is 33.1 Å². The SMILES string of the molecule is Nc1cc(NC(=O)c2cc([N+](=O)[O-])ccc2Oc2ccccc2)ccc1S(=O)(=O)O. The molecule has 0 fully saturated rings. The maximum atomic E-state index is 12.8. The second-order valence-corrected chi connectivity index (χ2v) is 7.42. The summed E-state index contributed by atoms with van der Waals surface area (Å²) in [6.07, 6.45) is 0. The Kier molecular flexibility index (Phi) is 5.67. The molecule has 3 aromatic rings. The number of benzene rings is 3. The summed E-state index contributed by atoms with van der Waals surface area (Å²) in [5, 5.41) is 13.6. The minimum Gasteiger partial charge on any atom is -0.457 e. The molecule has 0 bridgehead atoms. The van der Waals surface area contributed by atoms with Crippen molar-refractivity contribution in [1.29, 1.82) is 0 Å². The molecule has 3 aromatic carbocycles. The lowest BCUT2D eigenvalue weighted by molar-refractivity contribution is -0.384. The van der Waals surface area contributed by atoms with Gasteiger partial charge in [-0.1, -0.05) is 18.2 Å². The third kappa shape index (κ3) is 4.71. The first-order valence-electron chi connectivity index (χ1n) is 8.35. The van der Waals surface area contributed by atoms with Crippen LogP contribution >= 0.6 is 0 Å². The monoisotopic (exact) mass is 429 g/mol. The number of nitrogens with one attached hydrogen (secondary N) is 1. The molecule has 0 aromatic heterocycles. The lowest BCUT2D eigenvalue weighted by Gasteiger charge is -2.12. The van der Waals surface area contributed by atoms with Gasteiger partial charge in [0, 0.05) is 17.8 Å². The normalized spacial score (nSPS) is 11.0. The van der Waals surface area contributed by atoms with Gasteiger partial charge in [-0.2, -0.15) is 8.42 Å². The number of rotatable bonds is 6. The van der Waals surface area contributed by atoms with Crippen LogP contribution in [-0.2, 0) is 10.1 Å². The highest BCUT2D eigenvalue weighted by Gasteiger charge is 2.20. The second kappa shape index (κ2) is 8.19. The summed E-state index contributed by atoms with van der Waals surface area (Å²) < 4.78 is 37.2. The van der Waals surface area contributed by atoms with Crippen LogP contribution in [0.2, 0.25) is 0 Å². The first-order valence-corrected chi connectivity index (χ1v) is 9.79. The summed E-state index contributed by atoms with van der Waals surface area (Å²) in [5.74, 6) is -0.252. The van der Waals surface area contributed by atoms with Gasteiger partial charge in [-0.05, 0) is 36.4 Å². The minimum absolute atomic E-state index is 0.0758. The first-order chi connectivity index (χ1) is 14.1. The average Bonchev–Trinajstić information content (AvgIpc) is 2.68. The molecule has 0 unspecified atom stereocenters. The number of amides is 1. The Morgan fingerprint density at radius 1 is 1.07 bits per heavy atom. The van der Waals surface area contributed by atoms with Gasteiger partial charge >= 0.3 is 0 Å². The number of ether oxygens (including phenoxy) is 1. The molecule has 1 amide bonds. The number of hydrogen-bond donors (Lipinski definition) is 3. The molecule has 0 aliphatic heterocycles. The third-order valence-electron chi connectivity index (χ3n) is 3.94. The Balaban J connectivity index is 1.94. The van der Waals surface area contributed by atoms with Gasteiger partial charge < -0.3 is 15.8 Å². The highest BCUT2D eigenvalue weighted by molar-refractivity contribution is 7.86. The predicted octanol–water partition coefficient (Wildman–Crippen LogP) is 3.47. The van der Waals surface area contributed by atoms with Gasteiger partial charge in [0.2, 0.25) is 0 Å². The van der Waals surface area contributed by atoms with E-state index in [9.17, 15) is 23.3 Å². The van der Waals surface area contributed by atoms with E-state index in [4.69, 9.17) is 15.0 Å². The van der Waals surface area contributed by atoms with Crippen molar-refractivity contribution in [3.8, 4) is 11.5 Å². The van der Waals surface area contributed by atoms with Crippen LogP contribution in [0, 0.1) is 10.1 Å². The molecule has 0 saturated carbocycles. The van der Waals surface area contributed by atoms with E-state index in [0.717, 1.165) is 18.2 Å². The van der Waals surface area contributed by atoms with E-state index >= 15 is 0 Å². The van der Waals surface area contributed by atoms with Crippen molar-refractivity contribution < 1.29 is 27.4 Å².